The fourth-order valence-electron chi connectivity index (χ4n) is 0. The molecule has 26 valence electrons. The Morgan fingerprint density at radius 1 is 1.25 bits per heavy atom. The summed E-state index contributed by atoms with van der Waals surface area (Å²) in [6.07, 6.45) is 0. The van der Waals surface area contributed by atoms with Crippen molar-refractivity contribution in [2.75, 3.05) is 7.11 Å². The zero-order chi connectivity index (χ0) is 2.00. The smallest absolute Gasteiger partial charge is 0.0319 e. The molecule has 0 aliphatic rings. The first-order valence-corrected chi connectivity index (χ1v) is 0.447. The Morgan fingerprint density at radius 3 is 1.25 bits per heavy atom. The normalized spacial score (nSPS) is 1.50. The molecule has 0 rings (SSSR count). The Labute approximate surface area is 44.9 Å². The third kappa shape index (κ3) is 14.1. The van der Waals surface area contributed by atoms with Crippen LogP contribution in [0.1, 0.15) is 0 Å². The third-order valence-corrected chi connectivity index (χ3v) is 0. The minimum absolute atomic E-state index is 0. The molecular weight excluding hydrogens is 133 g/mol. The van der Waals surface area contributed by atoms with Crippen LogP contribution in [0.15, 0.2) is 0 Å². The minimum Gasteiger partial charge on any atom is -0.400 e. The molecule has 4 N–H and O–H groups in total. The Hall–Kier alpha value is 0.803. The number of aliphatic hydroxyl groups is 1. The quantitative estimate of drug-likeness (QED) is 0.488. The Kier molecular flexibility index (Phi) is 247. The molecule has 4 heavy (non-hydrogen) atoms. The maximum atomic E-state index is 7.00. The van der Waals surface area contributed by atoms with Crippen LogP contribution >= 0.6 is 0 Å². The van der Waals surface area contributed by atoms with Crippen molar-refractivity contribution in [3.05, 3.63) is 0 Å². The van der Waals surface area contributed by atoms with Gasteiger partial charge in [-0.2, -0.15) is 0 Å². The van der Waals surface area contributed by atoms with Gasteiger partial charge in [-0.15, -0.1) is 0 Å². The van der Waals surface area contributed by atoms with Gasteiger partial charge >= 0.3 is 0 Å². The Bertz CT molecular complexity index is 8.00. The average Bonchev–Trinajstić information content (AvgIpc) is 1.00. The average molecular weight is 140 g/mol. The van der Waals surface area contributed by atoms with Crippen molar-refractivity contribution in [2.24, 2.45) is 0 Å². The van der Waals surface area contributed by atoms with Gasteiger partial charge in [-0.25, -0.2) is 0 Å². The first-order valence-electron chi connectivity index (χ1n) is 0.447. The van der Waals surface area contributed by atoms with Crippen LogP contribution in [0.2, 0.25) is 0 Å². The van der Waals surface area contributed by atoms with E-state index in [0.717, 1.165) is 7.11 Å². The molecule has 0 radical (unpaired) electrons. The summed E-state index contributed by atoms with van der Waals surface area (Å²) in [4.78, 5) is 0. The Balaban J connectivity index is -0.00000000500. The molecule has 0 atom stereocenters. The summed E-state index contributed by atoms with van der Waals surface area (Å²) < 4.78 is 0. The van der Waals surface area contributed by atoms with E-state index in [2.05, 4.69) is 0 Å². The van der Waals surface area contributed by atoms with Gasteiger partial charge in [0.05, 0.1) is 0 Å². The largest absolute Gasteiger partial charge is 0.400 e. The van der Waals surface area contributed by atoms with Crippen LogP contribution in [0.4, 0.5) is 0 Å². The first kappa shape index (κ1) is 21.4. The van der Waals surface area contributed by atoms with Gasteiger partial charge in [-0.1, -0.05) is 0 Å². The fraction of sp³-hybridized carbons (Fsp3) is 1.00. The second-order valence-corrected chi connectivity index (χ2v) is 0. The summed E-state index contributed by atoms with van der Waals surface area (Å²) >= 11 is 0. The van der Waals surface area contributed by atoms with Crippen LogP contribution in [0.25, 0.3) is 0 Å². The van der Waals surface area contributed by atoms with E-state index in [4.69, 9.17) is 5.11 Å². The van der Waals surface area contributed by atoms with Crippen LogP contribution in [0.3, 0.4) is 0 Å². The van der Waals surface area contributed by atoms with Crippen molar-refractivity contribution in [2.45, 2.75) is 0 Å². The molecule has 0 unspecified atom stereocenters. The monoisotopic (exact) mass is 139 g/mol. The zero-order valence-electron chi connectivity index (χ0n) is 2.65. The number of hydrogen-bond donors (Lipinski definition) is 2. The molecule has 0 aromatic rings. The SMILES string of the molecule is CO.N.[Zr]. The van der Waals surface area contributed by atoms with Crippen LogP contribution in [-0.4, -0.2) is 12.2 Å². The van der Waals surface area contributed by atoms with Crippen molar-refractivity contribution in [1.29, 1.82) is 0 Å². The molecule has 0 aliphatic carbocycles. The van der Waals surface area contributed by atoms with Gasteiger partial charge in [-0.05, 0) is 0 Å². The van der Waals surface area contributed by atoms with E-state index in [1.165, 1.54) is 0 Å². The fourth-order valence-corrected chi connectivity index (χ4v) is 0. The van der Waals surface area contributed by atoms with E-state index in [0.29, 0.717) is 0 Å². The van der Waals surface area contributed by atoms with Gasteiger partial charge < -0.3 is 11.3 Å². The summed E-state index contributed by atoms with van der Waals surface area (Å²) in [7, 11) is 1.00. The summed E-state index contributed by atoms with van der Waals surface area (Å²) in [6.45, 7) is 0. The number of hydrogen-bond acceptors (Lipinski definition) is 2. The van der Waals surface area contributed by atoms with E-state index in [9.17, 15) is 0 Å². The molecule has 0 aromatic heterocycles. The van der Waals surface area contributed by atoms with Crippen LogP contribution in [0.5, 0.6) is 0 Å². The predicted molar refractivity (Wildman–Crippen MR) is 13.2 cm³/mol. The van der Waals surface area contributed by atoms with E-state index < -0.39 is 0 Å². The van der Waals surface area contributed by atoms with Crippen molar-refractivity contribution >= 4 is 0 Å². The van der Waals surface area contributed by atoms with Gasteiger partial charge in [0.25, 0.3) is 0 Å². The molecule has 2 nitrogen and oxygen atoms in total. The molecule has 3 heteroatoms. The van der Waals surface area contributed by atoms with Crippen molar-refractivity contribution < 1.29 is 31.3 Å². The zero-order valence-corrected chi connectivity index (χ0v) is 5.11. The van der Waals surface area contributed by atoms with Gasteiger partial charge in [-0.3, -0.25) is 0 Å². The summed E-state index contributed by atoms with van der Waals surface area (Å²) in [5.74, 6) is 0. The molecule has 0 fully saturated rings. The van der Waals surface area contributed by atoms with Crippen molar-refractivity contribution in [3.63, 3.8) is 0 Å². The maximum Gasteiger partial charge on any atom is 0.0319 e. The minimum atomic E-state index is 0. The molecule has 0 aromatic carbocycles. The predicted octanol–water partition coefficient (Wildman–Crippen LogP) is -0.232. The third-order valence-electron chi connectivity index (χ3n) is 0. The van der Waals surface area contributed by atoms with E-state index >= 15 is 0 Å². The standard InChI is InChI=1S/CH4O.H3N.Zr/c1-2;;/h2H,1H3;1H3;. The second kappa shape index (κ2) is 46.3. The van der Waals surface area contributed by atoms with Crippen LogP contribution in [-0.2, 0) is 26.2 Å². The first-order chi connectivity index (χ1) is 1.00. The van der Waals surface area contributed by atoms with Gasteiger partial charge in [0.2, 0.25) is 0 Å². The molecule has 0 heterocycles. The van der Waals surface area contributed by atoms with E-state index in [1.807, 2.05) is 0 Å². The van der Waals surface area contributed by atoms with Crippen molar-refractivity contribution in [1.82, 2.24) is 6.15 Å². The van der Waals surface area contributed by atoms with Crippen LogP contribution in [0, 0.1) is 0 Å². The number of rotatable bonds is 0. The van der Waals surface area contributed by atoms with E-state index in [1.54, 1.807) is 0 Å². The summed E-state index contributed by atoms with van der Waals surface area (Å²) in [6, 6.07) is 0. The molecule has 0 saturated heterocycles. The topological polar surface area (TPSA) is 55.2 Å². The molecule has 0 aliphatic heterocycles. The van der Waals surface area contributed by atoms with E-state index in [-0.39, 0.29) is 32.4 Å². The van der Waals surface area contributed by atoms with Crippen molar-refractivity contribution in [3.8, 4) is 0 Å². The second-order valence-electron chi connectivity index (χ2n) is 0. The molecule has 0 amide bonds. The molecule has 0 saturated carbocycles. The molecule has 0 bridgehead atoms. The van der Waals surface area contributed by atoms with Gasteiger partial charge in [0, 0.05) is 33.3 Å². The van der Waals surface area contributed by atoms with Gasteiger partial charge in [0.1, 0.15) is 0 Å². The van der Waals surface area contributed by atoms with Gasteiger partial charge in [0.15, 0.2) is 0 Å². The summed E-state index contributed by atoms with van der Waals surface area (Å²) in [5.41, 5.74) is 0. The molecule has 0 spiro atoms. The van der Waals surface area contributed by atoms with Crippen LogP contribution < -0.4 is 6.15 Å². The summed E-state index contributed by atoms with van der Waals surface area (Å²) in [5, 5.41) is 7.00. The Morgan fingerprint density at radius 2 is 1.25 bits per heavy atom. The maximum absolute atomic E-state index is 7.00. The number of aliphatic hydroxyl groups excluding tert-OH is 1. The molecular formula is CH7NOZr.